The van der Waals surface area contributed by atoms with Gasteiger partial charge in [-0.3, -0.25) is 14.7 Å². The molecule has 1 fully saturated rings. The van der Waals surface area contributed by atoms with Gasteiger partial charge in [-0.1, -0.05) is 18.7 Å². The number of ether oxygens (including phenoxy) is 1. The van der Waals surface area contributed by atoms with Gasteiger partial charge in [-0.2, -0.15) is 5.26 Å². The number of nitrogens with zero attached hydrogens (tertiary/aromatic N) is 6. The number of hydrogen-bond acceptors (Lipinski definition) is 10. The standard InChI is InChI=1S/C29H39N9O2/c1-8-10-22(11-23-14-34-27(39)29(23,16-31)38-17-28(5,18-38)40-7)24-25(26(32-9-2)36-19-35-24)37(6)15-21(12-30)13-33-20(3)4/h8,10-14,19H,3,9,15,17-18,30H2,1-2,4-7H3,(H,34,39)(H,32,35,36)/b10-8-,21-12+,22-11+,33-13?. The lowest BCUT2D eigenvalue weighted by molar-refractivity contribution is -0.150. The Labute approximate surface area is 236 Å². The molecule has 0 spiro atoms. The maximum atomic E-state index is 13.1. The molecule has 212 valence electrons. The van der Waals surface area contributed by atoms with E-state index in [4.69, 9.17) is 10.5 Å². The van der Waals surface area contributed by atoms with Gasteiger partial charge < -0.3 is 26.0 Å². The fraction of sp³-hybridized carbons (Fsp3) is 0.414. The summed E-state index contributed by atoms with van der Waals surface area (Å²) in [6, 6.07) is 2.29. The van der Waals surface area contributed by atoms with Gasteiger partial charge in [0.15, 0.2) is 5.82 Å². The van der Waals surface area contributed by atoms with E-state index in [1.54, 1.807) is 19.5 Å². The summed E-state index contributed by atoms with van der Waals surface area (Å²) in [5.74, 6) is 0.250. The SMILES string of the molecule is C=C(C)N=C/C(=C\N)CN(C)c1c(NCC)ncnc1C(/C=C\C)=C/C1=CNC(=O)C1(C#N)N1CC(C)(OC)C1. The normalized spacial score (nSPS) is 21.2. The Bertz CT molecular complexity index is 1330. The number of likely N-dealkylation sites (N-methyl/N-ethyl adjacent to an activating group) is 1. The molecule has 0 aromatic carbocycles. The summed E-state index contributed by atoms with van der Waals surface area (Å²) in [5, 5.41) is 16.4. The number of amides is 1. The van der Waals surface area contributed by atoms with Crippen molar-refractivity contribution in [2.75, 3.05) is 50.6 Å². The second-order valence-corrected chi connectivity index (χ2v) is 10.0. The second-order valence-electron chi connectivity index (χ2n) is 10.0. The van der Waals surface area contributed by atoms with Crippen LogP contribution in [0.25, 0.3) is 5.57 Å². The van der Waals surface area contributed by atoms with Gasteiger partial charge in [0.25, 0.3) is 5.91 Å². The van der Waals surface area contributed by atoms with E-state index < -0.39 is 11.1 Å². The quantitative estimate of drug-likeness (QED) is 0.267. The zero-order chi connectivity index (χ0) is 29.5. The smallest absolute Gasteiger partial charge is 0.263 e. The average molecular weight is 546 g/mol. The van der Waals surface area contributed by atoms with Crippen molar-refractivity contribution in [3.63, 3.8) is 0 Å². The third-order valence-electron chi connectivity index (χ3n) is 6.85. The Kier molecular flexibility index (Phi) is 9.63. The number of nitrogens with one attached hydrogen (secondary N) is 2. The van der Waals surface area contributed by atoms with Crippen LogP contribution in [0.2, 0.25) is 0 Å². The third-order valence-corrected chi connectivity index (χ3v) is 6.85. The minimum Gasteiger partial charge on any atom is -0.404 e. The predicted octanol–water partition coefficient (Wildman–Crippen LogP) is 2.75. The van der Waals surface area contributed by atoms with E-state index >= 15 is 0 Å². The van der Waals surface area contributed by atoms with Gasteiger partial charge in [0, 0.05) is 81.4 Å². The first-order chi connectivity index (χ1) is 19.1. The van der Waals surface area contributed by atoms with Crippen LogP contribution in [0.5, 0.6) is 0 Å². The minimum atomic E-state index is -1.48. The lowest BCUT2D eigenvalue weighted by Gasteiger charge is -2.52. The maximum Gasteiger partial charge on any atom is 0.263 e. The number of hydrogen-bond donors (Lipinski definition) is 3. The number of aromatic nitrogens is 2. The van der Waals surface area contributed by atoms with Crippen molar-refractivity contribution in [2.24, 2.45) is 10.7 Å². The summed E-state index contributed by atoms with van der Waals surface area (Å²) in [4.78, 5) is 30.4. The van der Waals surface area contributed by atoms with E-state index in [-0.39, 0.29) is 5.91 Å². The van der Waals surface area contributed by atoms with E-state index in [1.165, 1.54) is 12.5 Å². The van der Waals surface area contributed by atoms with Crippen molar-refractivity contribution >= 4 is 29.2 Å². The van der Waals surface area contributed by atoms with E-state index in [9.17, 15) is 10.1 Å². The Morgan fingerprint density at radius 3 is 2.75 bits per heavy atom. The van der Waals surface area contributed by atoms with Crippen LogP contribution in [0.3, 0.4) is 0 Å². The van der Waals surface area contributed by atoms with Crippen molar-refractivity contribution in [2.45, 2.75) is 38.8 Å². The molecule has 1 aromatic heterocycles. The molecular weight excluding hydrogens is 506 g/mol. The van der Waals surface area contributed by atoms with Crippen molar-refractivity contribution in [3.8, 4) is 6.07 Å². The van der Waals surface area contributed by atoms with Crippen LogP contribution in [0.4, 0.5) is 11.5 Å². The number of methoxy groups -OCH3 is 1. The van der Waals surface area contributed by atoms with E-state index in [2.05, 4.69) is 38.2 Å². The number of nitrogens with two attached hydrogens (primary N) is 1. The van der Waals surface area contributed by atoms with Crippen LogP contribution in [-0.2, 0) is 9.53 Å². The van der Waals surface area contributed by atoms with Crippen LogP contribution in [0.1, 0.15) is 33.4 Å². The van der Waals surface area contributed by atoms with Gasteiger partial charge >= 0.3 is 0 Å². The van der Waals surface area contributed by atoms with Gasteiger partial charge in [0.2, 0.25) is 5.54 Å². The van der Waals surface area contributed by atoms with Gasteiger partial charge in [0.1, 0.15) is 18.1 Å². The summed E-state index contributed by atoms with van der Waals surface area (Å²) >= 11 is 0. The fourth-order valence-electron chi connectivity index (χ4n) is 4.74. The Morgan fingerprint density at radius 1 is 1.45 bits per heavy atom. The van der Waals surface area contributed by atoms with Crippen LogP contribution in [0.15, 0.2) is 65.4 Å². The zero-order valence-electron chi connectivity index (χ0n) is 24.2. The molecule has 1 amide bonds. The molecule has 1 saturated heterocycles. The van der Waals surface area contributed by atoms with E-state index in [0.29, 0.717) is 54.5 Å². The monoisotopic (exact) mass is 545 g/mol. The van der Waals surface area contributed by atoms with Gasteiger partial charge in [-0.15, -0.1) is 0 Å². The lowest BCUT2D eigenvalue weighted by Crippen LogP contribution is -2.70. The number of carbonyl (C=O) groups excluding carboxylic acids is 1. The number of allylic oxidation sites excluding steroid dienone is 4. The number of aliphatic imine (C=N–C) groups is 1. The highest BCUT2D eigenvalue weighted by atomic mass is 16.5. The van der Waals surface area contributed by atoms with E-state index in [1.807, 2.05) is 62.8 Å². The van der Waals surface area contributed by atoms with Crippen LogP contribution in [0, 0.1) is 11.3 Å². The van der Waals surface area contributed by atoms with Crippen LogP contribution >= 0.6 is 0 Å². The lowest BCUT2D eigenvalue weighted by atomic mass is 9.82. The first kappa shape index (κ1) is 30.3. The molecular formula is C29H39N9O2. The molecule has 0 radical (unpaired) electrons. The van der Waals surface area contributed by atoms with Gasteiger partial charge in [-0.05, 0) is 33.8 Å². The fourth-order valence-corrected chi connectivity index (χ4v) is 4.74. The number of nitriles is 1. The van der Waals surface area contributed by atoms with Crippen molar-refractivity contribution < 1.29 is 9.53 Å². The predicted molar refractivity (Wildman–Crippen MR) is 159 cm³/mol. The molecule has 0 aliphatic carbocycles. The molecule has 1 unspecified atom stereocenters. The molecule has 4 N–H and O–H groups in total. The Balaban J connectivity index is 2.12. The highest BCUT2D eigenvalue weighted by molar-refractivity contribution is 5.99. The molecule has 0 bridgehead atoms. The number of likely N-dealkylation sites (tertiary alicyclic amines) is 1. The van der Waals surface area contributed by atoms with Crippen molar-refractivity contribution in [1.82, 2.24) is 20.2 Å². The molecule has 1 atom stereocenters. The minimum absolute atomic E-state index is 0.387. The van der Waals surface area contributed by atoms with Gasteiger partial charge in [-0.25, -0.2) is 9.97 Å². The molecule has 11 nitrogen and oxygen atoms in total. The second kappa shape index (κ2) is 12.7. The molecule has 2 aliphatic rings. The van der Waals surface area contributed by atoms with E-state index in [0.717, 1.165) is 11.3 Å². The van der Waals surface area contributed by atoms with Crippen molar-refractivity contribution in [3.05, 3.63) is 66.1 Å². The summed E-state index contributed by atoms with van der Waals surface area (Å²) in [6.45, 7) is 13.4. The van der Waals surface area contributed by atoms with Gasteiger partial charge in [0.05, 0.1) is 11.3 Å². The Morgan fingerprint density at radius 2 is 2.17 bits per heavy atom. The maximum absolute atomic E-state index is 13.1. The van der Waals surface area contributed by atoms with Crippen molar-refractivity contribution in [1.29, 1.82) is 5.26 Å². The topological polar surface area (TPSA) is 145 Å². The summed E-state index contributed by atoms with van der Waals surface area (Å²) in [5.41, 5.74) is 8.02. The van der Waals surface area contributed by atoms with Crippen LogP contribution < -0.4 is 21.3 Å². The molecule has 2 aliphatic heterocycles. The largest absolute Gasteiger partial charge is 0.404 e. The first-order valence-electron chi connectivity index (χ1n) is 13.1. The zero-order valence-corrected chi connectivity index (χ0v) is 24.2. The number of anilines is 2. The average Bonchev–Trinajstić information content (AvgIpc) is 3.23. The highest BCUT2D eigenvalue weighted by Crippen LogP contribution is 2.40. The molecule has 0 saturated carbocycles. The first-order valence-corrected chi connectivity index (χ1v) is 13.1. The molecule has 11 heteroatoms. The highest BCUT2D eigenvalue weighted by Gasteiger charge is 2.57. The summed E-state index contributed by atoms with van der Waals surface area (Å²) in [6.07, 6.45) is 11.9. The number of rotatable bonds is 12. The number of carbonyl (C=O) groups is 1. The third kappa shape index (κ3) is 5.98. The molecule has 3 rings (SSSR count). The van der Waals surface area contributed by atoms with Crippen LogP contribution in [-0.4, -0.2) is 78.5 Å². The Hall–Kier alpha value is -4.27. The molecule has 1 aromatic rings. The summed E-state index contributed by atoms with van der Waals surface area (Å²) < 4.78 is 5.58. The molecule has 3 heterocycles. The summed E-state index contributed by atoms with van der Waals surface area (Å²) in [7, 11) is 3.55. The molecule has 40 heavy (non-hydrogen) atoms.